The molecule has 0 fully saturated rings. The minimum absolute atomic E-state index is 0.330. The molecular formula is C17H21N3O2S. The van der Waals surface area contributed by atoms with Crippen molar-refractivity contribution < 1.29 is 8.42 Å². The summed E-state index contributed by atoms with van der Waals surface area (Å²) in [5, 5.41) is -0.431. The average molecular weight is 331 g/mol. The summed E-state index contributed by atoms with van der Waals surface area (Å²) in [6, 6.07) is 8.61. The summed E-state index contributed by atoms with van der Waals surface area (Å²) in [6.45, 7) is 7.35. The molecule has 23 heavy (non-hydrogen) atoms. The highest BCUT2D eigenvalue weighted by Crippen LogP contribution is 2.22. The molecule has 3 aromatic rings. The highest BCUT2D eigenvalue weighted by atomic mass is 32.2. The number of aromatic nitrogens is 3. The van der Waals surface area contributed by atoms with Crippen molar-refractivity contribution in [2.75, 3.05) is 0 Å². The summed E-state index contributed by atoms with van der Waals surface area (Å²) in [6.07, 6.45) is 3.46. The van der Waals surface area contributed by atoms with Crippen LogP contribution < -0.4 is 0 Å². The van der Waals surface area contributed by atoms with Gasteiger partial charge in [-0.2, -0.15) is 0 Å². The fraction of sp³-hybridized carbons (Fsp3) is 0.294. The van der Waals surface area contributed by atoms with Crippen LogP contribution in [0.3, 0.4) is 0 Å². The Hall–Kier alpha value is -2.21. The lowest BCUT2D eigenvalue weighted by Crippen LogP contribution is -2.13. The van der Waals surface area contributed by atoms with E-state index < -0.39 is 15.1 Å². The number of nitrogens with one attached hydrogen (secondary N) is 1. The molecule has 1 N–H and O–H groups in total. The lowest BCUT2D eigenvalue weighted by Gasteiger charge is -2.08. The summed E-state index contributed by atoms with van der Waals surface area (Å²) >= 11 is 0. The molecule has 5 nitrogen and oxygen atoms in total. The number of nitrogens with zero attached hydrogens (tertiary/aromatic N) is 2. The van der Waals surface area contributed by atoms with Crippen molar-refractivity contribution in [2.24, 2.45) is 0 Å². The number of rotatable bonds is 3. The van der Waals surface area contributed by atoms with Gasteiger partial charge in [0.2, 0.25) is 0 Å². The van der Waals surface area contributed by atoms with E-state index in [1.807, 2.05) is 19.9 Å². The molecule has 0 radical (unpaired) electrons. The molecule has 0 spiro atoms. The van der Waals surface area contributed by atoms with Gasteiger partial charge in [0.25, 0.3) is 0 Å². The molecule has 122 valence electrons. The molecule has 0 saturated carbocycles. The predicted molar refractivity (Wildman–Crippen MR) is 93.0 cm³/mol. The Morgan fingerprint density at radius 2 is 1.70 bits per heavy atom. The van der Waals surface area contributed by atoms with Crippen LogP contribution in [0.25, 0.3) is 22.4 Å². The topological polar surface area (TPSA) is 75.7 Å². The van der Waals surface area contributed by atoms with E-state index in [4.69, 9.17) is 0 Å². The van der Waals surface area contributed by atoms with Gasteiger partial charge in [-0.25, -0.2) is 18.4 Å². The molecule has 2 heterocycles. The second kappa shape index (κ2) is 6.91. The lowest BCUT2D eigenvalue weighted by molar-refractivity contribution is 0.587. The maximum Gasteiger partial charge on any atom is 0.180 e. The zero-order valence-electron chi connectivity index (χ0n) is 13.7. The van der Waals surface area contributed by atoms with Crippen LogP contribution in [0.2, 0.25) is 0 Å². The Bertz CT molecular complexity index is 882. The van der Waals surface area contributed by atoms with Crippen molar-refractivity contribution in [3.8, 4) is 11.3 Å². The van der Waals surface area contributed by atoms with E-state index in [0.29, 0.717) is 4.90 Å². The average Bonchev–Trinajstić information content (AvgIpc) is 3.04. The number of hydrogen-bond acceptors (Lipinski definition) is 4. The fourth-order valence-corrected chi connectivity index (χ4v) is 3.12. The van der Waals surface area contributed by atoms with Crippen molar-refractivity contribution >= 4 is 21.0 Å². The monoisotopic (exact) mass is 331 g/mol. The lowest BCUT2D eigenvalue weighted by atomic mass is 10.2. The van der Waals surface area contributed by atoms with E-state index in [1.54, 1.807) is 50.5 Å². The zero-order valence-corrected chi connectivity index (χ0v) is 14.6. The first kappa shape index (κ1) is 17.1. The highest BCUT2D eigenvalue weighted by Gasteiger charge is 2.18. The highest BCUT2D eigenvalue weighted by molar-refractivity contribution is 7.92. The molecule has 0 aliphatic carbocycles. The van der Waals surface area contributed by atoms with Crippen LogP contribution in [0.1, 0.15) is 27.7 Å². The van der Waals surface area contributed by atoms with Crippen molar-refractivity contribution in [3.63, 3.8) is 0 Å². The molecule has 0 saturated heterocycles. The largest absolute Gasteiger partial charge is 0.345 e. The minimum atomic E-state index is -3.24. The Morgan fingerprint density at radius 3 is 2.30 bits per heavy atom. The molecular weight excluding hydrogens is 310 g/mol. The van der Waals surface area contributed by atoms with E-state index in [9.17, 15) is 8.42 Å². The van der Waals surface area contributed by atoms with Crippen LogP contribution in [0.4, 0.5) is 0 Å². The van der Waals surface area contributed by atoms with Gasteiger partial charge in [-0.1, -0.05) is 26.0 Å². The van der Waals surface area contributed by atoms with Crippen molar-refractivity contribution in [2.45, 2.75) is 37.8 Å². The fourth-order valence-electron chi connectivity index (χ4n) is 2.06. The number of aromatic amines is 1. The van der Waals surface area contributed by atoms with Crippen molar-refractivity contribution in [1.29, 1.82) is 0 Å². The van der Waals surface area contributed by atoms with Crippen LogP contribution >= 0.6 is 0 Å². The van der Waals surface area contributed by atoms with Crippen LogP contribution in [0.5, 0.6) is 0 Å². The molecule has 0 bridgehead atoms. The van der Waals surface area contributed by atoms with E-state index in [2.05, 4.69) is 15.0 Å². The summed E-state index contributed by atoms with van der Waals surface area (Å²) in [4.78, 5) is 12.1. The Kier molecular flexibility index (Phi) is 5.15. The summed E-state index contributed by atoms with van der Waals surface area (Å²) in [5.41, 5.74) is 3.08. The second-order valence-corrected chi connectivity index (χ2v) is 7.59. The standard InChI is InChI=1S/C15H15N3O2S.C2H6/c1-10(2)21(19,20)12-5-3-11(4-6-12)14-9-17-15-13(18-14)7-8-16-15;1-2/h3-10H,1-2H3,(H,16,17);1-2H3. The zero-order chi connectivity index (χ0) is 17.0. The first-order valence-electron chi connectivity index (χ1n) is 7.63. The van der Waals surface area contributed by atoms with Gasteiger partial charge in [0.05, 0.1) is 22.0 Å². The molecule has 0 aliphatic rings. The second-order valence-electron chi connectivity index (χ2n) is 5.08. The normalized spacial score (nSPS) is 11.3. The van der Waals surface area contributed by atoms with Gasteiger partial charge >= 0.3 is 0 Å². The van der Waals surface area contributed by atoms with E-state index in [-0.39, 0.29) is 0 Å². The number of H-pyrrole nitrogens is 1. The number of sulfone groups is 1. The first-order valence-corrected chi connectivity index (χ1v) is 9.17. The smallest absolute Gasteiger partial charge is 0.180 e. The Morgan fingerprint density at radius 1 is 1.04 bits per heavy atom. The third-order valence-electron chi connectivity index (χ3n) is 3.36. The minimum Gasteiger partial charge on any atom is -0.345 e. The quantitative estimate of drug-likeness (QED) is 0.791. The SMILES string of the molecule is CC.CC(C)S(=O)(=O)c1ccc(-c2cnc3[nH]ccc3n2)cc1. The summed E-state index contributed by atoms with van der Waals surface area (Å²) < 4.78 is 24.2. The number of benzene rings is 1. The maximum absolute atomic E-state index is 12.1. The molecule has 0 unspecified atom stereocenters. The molecule has 6 heteroatoms. The third-order valence-corrected chi connectivity index (χ3v) is 5.53. The molecule has 0 aliphatic heterocycles. The van der Waals surface area contributed by atoms with Crippen molar-refractivity contribution in [1.82, 2.24) is 15.0 Å². The Balaban J connectivity index is 0.000000924. The van der Waals surface area contributed by atoms with Gasteiger partial charge in [-0.3, -0.25) is 0 Å². The van der Waals surface area contributed by atoms with Gasteiger partial charge in [-0.05, 0) is 32.0 Å². The molecule has 2 aromatic heterocycles. The maximum atomic E-state index is 12.1. The van der Waals surface area contributed by atoms with Gasteiger partial charge < -0.3 is 4.98 Å². The molecule has 1 aromatic carbocycles. The summed E-state index contributed by atoms with van der Waals surface area (Å²) in [5.74, 6) is 0. The molecule has 0 atom stereocenters. The number of hydrogen-bond donors (Lipinski definition) is 1. The van der Waals surface area contributed by atoms with E-state index >= 15 is 0 Å². The van der Waals surface area contributed by atoms with Crippen molar-refractivity contribution in [3.05, 3.63) is 42.7 Å². The van der Waals surface area contributed by atoms with Crippen LogP contribution in [0.15, 0.2) is 47.6 Å². The predicted octanol–water partition coefficient (Wildman–Crippen LogP) is 3.83. The Labute approximate surface area is 136 Å². The van der Waals surface area contributed by atoms with Gasteiger partial charge in [0, 0.05) is 11.8 Å². The van der Waals surface area contributed by atoms with Crippen LogP contribution in [-0.4, -0.2) is 28.6 Å². The van der Waals surface area contributed by atoms with E-state index in [1.165, 1.54) is 0 Å². The van der Waals surface area contributed by atoms with Crippen LogP contribution in [0, 0.1) is 0 Å². The van der Waals surface area contributed by atoms with Gasteiger partial charge in [-0.15, -0.1) is 0 Å². The van der Waals surface area contributed by atoms with Gasteiger partial charge in [0.15, 0.2) is 15.5 Å². The third kappa shape index (κ3) is 3.42. The first-order chi connectivity index (χ1) is 11.0. The summed E-state index contributed by atoms with van der Waals surface area (Å²) in [7, 11) is -3.24. The molecule has 3 rings (SSSR count). The van der Waals surface area contributed by atoms with Crippen LogP contribution in [-0.2, 0) is 9.84 Å². The van der Waals surface area contributed by atoms with E-state index in [0.717, 1.165) is 22.4 Å². The van der Waals surface area contributed by atoms with Gasteiger partial charge in [0.1, 0.15) is 5.52 Å². The molecule has 0 amide bonds. The number of fused-ring (bicyclic) bond motifs is 1.